The molecule has 1 aromatic heterocycles. The first-order valence-corrected chi connectivity index (χ1v) is 28.4. The molecule has 436 valence electrons. The molecule has 5 rings (SSSR count). The highest BCUT2D eigenvalue weighted by Gasteiger charge is 2.53. The first-order valence-electron chi connectivity index (χ1n) is 26.7. The number of alkyl halides is 1. The Balaban J connectivity index is 1.43. The zero-order valence-electron chi connectivity index (χ0n) is 47.1. The summed E-state index contributed by atoms with van der Waals surface area (Å²) in [4.78, 5) is 18.4. The number of nitrogens with zero attached hydrogens (tertiary/aromatic N) is 5. The fraction of sp³-hybridized carbons (Fsp3) is 0.830. The minimum absolute atomic E-state index is 0.0209. The van der Waals surface area contributed by atoms with Gasteiger partial charge in [0, 0.05) is 64.3 Å². The van der Waals surface area contributed by atoms with Crippen LogP contribution in [0.15, 0.2) is 35.4 Å². The highest BCUT2D eigenvalue weighted by Crippen LogP contribution is 2.41. The first-order chi connectivity index (χ1) is 35.5. The molecule has 0 spiro atoms. The van der Waals surface area contributed by atoms with Crippen molar-refractivity contribution in [2.75, 3.05) is 60.4 Å². The third-order valence-corrected chi connectivity index (χ3v) is 18.1. The first kappa shape index (κ1) is 64.0. The number of ether oxygens (including phenoxy) is 7. The molecule has 4 heterocycles. The van der Waals surface area contributed by atoms with Crippen molar-refractivity contribution in [2.45, 2.75) is 209 Å². The van der Waals surface area contributed by atoms with Crippen LogP contribution in [0.3, 0.4) is 0 Å². The van der Waals surface area contributed by atoms with Gasteiger partial charge in [-0.3, -0.25) is 4.79 Å². The summed E-state index contributed by atoms with van der Waals surface area (Å²) in [5.74, 6) is -3.40. The Morgan fingerprint density at radius 2 is 1.63 bits per heavy atom. The van der Waals surface area contributed by atoms with Crippen LogP contribution in [0.2, 0.25) is 0 Å². The number of carbonyl (C=O) groups excluding carboxylic acids is 1. The summed E-state index contributed by atoms with van der Waals surface area (Å²) in [5.41, 5.74) is -3.62. The van der Waals surface area contributed by atoms with Crippen molar-refractivity contribution in [3.8, 4) is 0 Å². The molecular formula is C53H90FN5O16S. The summed E-state index contributed by atoms with van der Waals surface area (Å²) >= 11 is 0. The number of aliphatic hydroxyl groups excluding tert-OH is 4. The van der Waals surface area contributed by atoms with Crippen molar-refractivity contribution in [2.24, 2.45) is 17.8 Å². The maximum atomic E-state index is 14.8. The summed E-state index contributed by atoms with van der Waals surface area (Å²) < 4.78 is 85.1. The monoisotopic (exact) mass is 1100 g/mol. The summed E-state index contributed by atoms with van der Waals surface area (Å²) in [7, 11) is 2.86. The zero-order chi connectivity index (χ0) is 56.8. The fourth-order valence-electron chi connectivity index (χ4n) is 11.6. The summed E-state index contributed by atoms with van der Waals surface area (Å²) in [6.45, 7) is 16.6. The molecule has 0 radical (unpaired) electrons. The van der Waals surface area contributed by atoms with E-state index >= 15 is 0 Å². The summed E-state index contributed by atoms with van der Waals surface area (Å²) in [6.07, 6.45) is -8.72. The number of esters is 1. The highest BCUT2D eigenvalue weighted by molar-refractivity contribution is 7.91. The number of aromatic nitrogens is 3. The molecule has 20 atom stereocenters. The van der Waals surface area contributed by atoms with Gasteiger partial charge < -0.3 is 73.6 Å². The van der Waals surface area contributed by atoms with E-state index in [2.05, 4.69) is 10.3 Å². The molecule has 0 unspecified atom stereocenters. The number of hydrogen-bond donors (Lipinski definition) is 6. The molecule has 0 amide bonds. The van der Waals surface area contributed by atoms with E-state index < -0.39 is 149 Å². The van der Waals surface area contributed by atoms with Crippen LogP contribution in [-0.4, -0.2) is 221 Å². The van der Waals surface area contributed by atoms with Crippen LogP contribution in [-0.2, 0) is 54.2 Å². The van der Waals surface area contributed by atoms with E-state index in [1.165, 1.54) is 38.0 Å². The van der Waals surface area contributed by atoms with Gasteiger partial charge in [-0.15, -0.1) is 5.10 Å². The fourth-order valence-corrected chi connectivity index (χ4v) is 12.6. The number of rotatable bonds is 18. The second kappa shape index (κ2) is 26.6. The normalized spacial score (nSPS) is 38.8. The molecule has 0 aliphatic carbocycles. The van der Waals surface area contributed by atoms with Gasteiger partial charge in [0.25, 0.3) is 0 Å². The molecule has 76 heavy (non-hydrogen) atoms. The molecule has 1 aromatic carbocycles. The maximum Gasteiger partial charge on any atom is 0.311 e. The largest absolute Gasteiger partial charge is 0.459 e. The number of hydrogen-bond acceptors (Lipinski definition) is 20. The Bertz CT molecular complexity index is 2250. The lowest BCUT2D eigenvalue weighted by Gasteiger charge is -2.49. The Morgan fingerprint density at radius 1 is 0.974 bits per heavy atom. The Labute approximate surface area is 449 Å². The molecule has 2 aromatic rings. The molecule has 0 saturated carbocycles. The van der Waals surface area contributed by atoms with Crippen molar-refractivity contribution in [3.05, 3.63) is 41.7 Å². The number of cyclic esters (lactones) is 1. The molecular weight excluding hydrogens is 1010 g/mol. The third kappa shape index (κ3) is 14.7. The highest BCUT2D eigenvalue weighted by atomic mass is 32.2. The quantitative estimate of drug-likeness (QED) is 0.117. The van der Waals surface area contributed by atoms with Crippen LogP contribution in [0, 0.1) is 17.8 Å². The second-order valence-electron chi connectivity index (χ2n) is 22.6. The van der Waals surface area contributed by atoms with E-state index in [1.54, 1.807) is 66.8 Å². The summed E-state index contributed by atoms with van der Waals surface area (Å²) in [5, 5.41) is 77.5. The molecule has 3 aliphatic rings. The average molecular weight is 1100 g/mol. The van der Waals surface area contributed by atoms with Gasteiger partial charge in [-0.05, 0) is 105 Å². The third-order valence-electron chi connectivity index (χ3n) is 16.4. The van der Waals surface area contributed by atoms with E-state index in [4.69, 9.17) is 33.2 Å². The minimum atomic E-state index is -3.70. The topological polar surface area (TPSA) is 274 Å². The molecule has 6 N–H and O–H groups in total. The van der Waals surface area contributed by atoms with Crippen molar-refractivity contribution in [1.29, 1.82) is 0 Å². The number of sulfone groups is 1. The van der Waals surface area contributed by atoms with Crippen LogP contribution >= 0.6 is 0 Å². The smallest absolute Gasteiger partial charge is 0.311 e. The SMILES string of the molecule is CC[C@H]1OC(=O)[C@H](C)[C@@H](O[C@H]2C[C@@](C)(OC)[C@@H](O)[C@H](C)O2)[C@H](C)[C@@H](O[C@@H]2O[C@H](C)C[C@H](N(C)CCc3cn([C@H](CF)[C@H](OC)c4ccc(S(=O)(=O)CCO)cc4)nn3)[C@H]2O)[C@](C)(O)C[C@@H](C)CN(C)[C@H](C)[C@@H](O)[C@]1(C)O. The number of halogens is 1. The van der Waals surface area contributed by atoms with Crippen LogP contribution in [0.25, 0.3) is 0 Å². The molecule has 23 heteroatoms. The number of likely N-dealkylation sites (N-methyl/N-ethyl adjacent to an activating group) is 2. The van der Waals surface area contributed by atoms with Crippen molar-refractivity contribution >= 4 is 15.8 Å². The molecule has 0 bridgehead atoms. The predicted octanol–water partition coefficient (Wildman–Crippen LogP) is 2.77. The van der Waals surface area contributed by atoms with Crippen LogP contribution < -0.4 is 0 Å². The van der Waals surface area contributed by atoms with Gasteiger partial charge in [-0.25, -0.2) is 17.5 Å². The average Bonchev–Trinajstić information content (AvgIpc) is 3.84. The van der Waals surface area contributed by atoms with Gasteiger partial charge in [0.2, 0.25) is 0 Å². The van der Waals surface area contributed by atoms with Crippen LogP contribution in [0.4, 0.5) is 4.39 Å². The summed E-state index contributed by atoms with van der Waals surface area (Å²) in [6, 6.07) is 3.77. The molecule has 3 saturated heterocycles. The Kier molecular flexibility index (Phi) is 22.4. The van der Waals surface area contributed by atoms with Crippen LogP contribution in [0.5, 0.6) is 0 Å². The predicted molar refractivity (Wildman–Crippen MR) is 277 cm³/mol. The molecule has 3 fully saturated rings. The standard InChI is InChI=1S/C53H90FN5O16S/c1-15-41-53(10,66)46(62)34(6)58(12)28-30(2)25-51(8,65)48(32(4)44(33(5)49(64)73-41)74-42-26-52(9,70-14)47(63)35(7)72-42)75-50-43(61)39(24-31(3)71-50)57(11)21-20-37-29-59(56-55-37)40(27-54)45(69-13)36-16-18-38(19-17-36)76(67,68)23-22-60/h16-19,29-35,39-48,50,60-63,65-66H,15,20-28H2,1-14H3/t30-,31-,32+,33-,34-,35+,39+,40-,41-,42+,43-,44+,45-,46-,47+,48-,50+,51-,52-,53-/m1/s1. The molecule has 3 aliphatic heterocycles. The minimum Gasteiger partial charge on any atom is -0.459 e. The second-order valence-corrected chi connectivity index (χ2v) is 24.7. The number of carbonyl (C=O) groups is 1. The zero-order valence-corrected chi connectivity index (χ0v) is 47.9. The van der Waals surface area contributed by atoms with E-state index in [0.717, 1.165) is 0 Å². The van der Waals surface area contributed by atoms with Crippen molar-refractivity contribution < 1.29 is 81.4 Å². The lowest BCUT2D eigenvalue weighted by molar-refractivity contribution is -0.318. The lowest BCUT2D eigenvalue weighted by atomic mass is 9.77. The van der Waals surface area contributed by atoms with Gasteiger partial charge >= 0.3 is 5.97 Å². The van der Waals surface area contributed by atoms with Gasteiger partial charge in [-0.2, -0.15) is 0 Å². The van der Waals surface area contributed by atoms with E-state index in [-0.39, 0.29) is 30.1 Å². The Hall–Kier alpha value is -2.85. The maximum absolute atomic E-state index is 14.8. The Morgan fingerprint density at radius 3 is 2.22 bits per heavy atom. The van der Waals surface area contributed by atoms with Gasteiger partial charge in [0.1, 0.15) is 48.8 Å². The lowest BCUT2D eigenvalue weighted by Crippen LogP contribution is -2.61. The van der Waals surface area contributed by atoms with Gasteiger partial charge in [0.15, 0.2) is 22.4 Å². The van der Waals surface area contributed by atoms with E-state index in [0.29, 0.717) is 37.2 Å². The molecule has 21 nitrogen and oxygen atoms in total. The van der Waals surface area contributed by atoms with Gasteiger partial charge in [-0.1, -0.05) is 38.1 Å². The van der Waals surface area contributed by atoms with Crippen LogP contribution in [0.1, 0.15) is 118 Å². The van der Waals surface area contributed by atoms with E-state index in [9.17, 15) is 48.2 Å². The number of methoxy groups -OCH3 is 2. The number of aliphatic hydroxyl groups is 6. The van der Waals surface area contributed by atoms with Crippen molar-refractivity contribution in [1.82, 2.24) is 24.8 Å². The number of benzene rings is 1. The van der Waals surface area contributed by atoms with Crippen molar-refractivity contribution in [3.63, 3.8) is 0 Å². The van der Waals surface area contributed by atoms with E-state index in [1.807, 2.05) is 37.7 Å². The van der Waals surface area contributed by atoms with Gasteiger partial charge in [0.05, 0.1) is 64.5 Å².